The Bertz CT molecular complexity index is 815. The number of hydrazone groups is 1. The Morgan fingerprint density at radius 2 is 2.07 bits per heavy atom. The highest BCUT2D eigenvalue weighted by Crippen LogP contribution is 2.36. The summed E-state index contributed by atoms with van der Waals surface area (Å²) in [6.07, 6.45) is 4.46. The van der Waals surface area contributed by atoms with E-state index in [1.54, 1.807) is 18.2 Å². The predicted molar refractivity (Wildman–Crippen MR) is 101 cm³/mol. The monoisotopic (exact) mass is 388 g/mol. The summed E-state index contributed by atoms with van der Waals surface area (Å²) in [4.78, 5) is 35.9. The van der Waals surface area contributed by atoms with Crippen LogP contribution in [0.2, 0.25) is 0 Å². The molecule has 1 aromatic carbocycles. The second-order valence-corrected chi connectivity index (χ2v) is 7.22. The minimum absolute atomic E-state index is 0.271. The third-order valence-corrected chi connectivity index (χ3v) is 5.15. The van der Waals surface area contributed by atoms with E-state index in [0.717, 1.165) is 17.9 Å². The van der Waals surface area contributed by atoms with E-state index in [1.165, 1.54) is 13.3 Å². The van der Waals surface area contributed by atoms with Crippen LogP contribution in [0.4, 0.5) is 4.79 Å². The smallest absolute Gasteiger partial charge is 0.346 e. The van der Waals surface area contributed by atoms with Gasteiger partial charge in [-0.25, -0.2) is 4.79 Å². The summed E-state index contributed by atoms with van der Waals surface area (Å²) >= 11 is 0. The topological polar surface area (TPSA) is 123 Å². The highest BCUT2D eigenvalue weighted by Gasteiger charge is 2.52. The third-order valence-electron chi connectivity index (χ3n) is 5.15. The van der Waals surface area contributed by atoms with E-state index >= 15 is 0 Å². The van der Waals surface area contributed by atoms with Crippen LogP contribution in [0.5, 0.6) is 11.5 Å². The van der Waals surface area contributed by atoms with E-state index in [2.05, 4.69) is 17.3 Å². The minimum Gasteiger partial charge on any atom is -0.493 e. The van der Waals surface area contributed by atoms with Crippen LogP contribution in [0.25, 0.3) is 0 Å². The number of benzene rings is 1. The molecule has 0 bridgehead atoms. The Hall–Kier alpha value is -3.10. The van der Waals surface area contributed by atoms with Crippen LogP contribution >= 0.6 is 0 Å². The fourth-order valence-corrected chi connectivity index (χ4v) is 3.46. The van der Waals surface area contributed by atoms with Crippen molar-refractivity contribution in [3.63, 3.8) is 0 Å². The summed E-state index contributed by atoms with van der Waals surface area (Å²) in [6, 6.07) is 4.37. The molecule has 9 nitrogen and oxygen atoms in total. The van der Waals surface area contributed by atoms with Gasteiger partial charge < -0.3 is 20.5 Å². The van der Waals surface area contributed by atoms with Crippen LogP contribution in [-0.4, -0.2) is 48.3 Å². The van der Waals surface area contributed by atoms with E-state index in [9.17, 15) is 14.4 Å². The van der Waals surface area contributed by atoms with Crippen molar-refractivity contribution in [1.82, 2.24) is 10.3 Å². The lowest BCUT2D eigenvalue weighted by Crippen LogP contribution is -2.49. The molecule has 9 heteroatoms. The van der Waals surface area contributed by atoms with Crippen molar-refractivity contribution in [1.29, 1.82) is 0 Å². The number of primary amides is 1. The average molecular weight is 388 g/mol. The maximum atomic E-state index is 12.8. The second-order valence-electron chi connectivity index (χ2n) is 7.22. The SMILES string of the molecule is COc1cc(/C=N\N2C(=O)NC3(CCC(C)CC3)C2=O)ccc1OCC(N)=O. The van der Waals surface area contributed by atoms with E-state index in [1.807, 2.05) is 0 Å². The van der Waals surface area contributed by atoms with Crippen molar-refractivity contribution in [2.75, 3.05) is 13.7 Å². The zero-order valence-electron chi connectivity index (χ0n) is 15.9. The Morgan fingerprint density at radius 1 is 1.36 bits per heavy atom. The molecule has 3 N–H and O–H groups in total. The molecule has 2 fully saturated rings. The summed E-state index contributed by atoms with van der Waals surface area (Å²) in [5.41, 5.74) is 4.84. The summed E-state index contributed by atoms with van der Waals surface area (Å²) in [7, 11) is 1.46. The molecule has 0 atom stereocenters. The van der Waals surface area contributed by atoms with Crippen molar-refractivity contribution in [3.8, 4) is 11.5 Å². The Labute approximate surface area is 162 Å². The average Bonchev–Trinajstić information content (AvgIpc) is 2.90. The van der Waals surface area contributed by atoms with Gasteiger partial charge in [-0.1, -0.05) is 6.92 Å². The molecule has 4 amide bonds. The number of carbonyl (C=O) groups excluding carboxylic acids is 3. The molecular weight excluding hydrogens is 364 g/mol. The Kier molecular flexibility index (Phi) is 5.53. The van der Waals surface area contributed by atoms with Gasteiger partial charge in [0.2, 0.25) is 0 Å². The number of nitrogens with two attached hydrogens (primary N) is 1. The number of rotatable bonds is 6. The molecule has 2 aliphatic rings. The fourth-order valence-electron chi connectivity index (χ4n) is 3.46. The van der Waals surface area contributed by atoms with Gasteiger partial charge in [-0.2, -0.15) is 5.10 Å². The van der Waals surface area contributed by atoms with Crippen LogP contribution in [0.15, 0.2) is 23.3 Å². The number of nitrogens with one attached hydrogen (secondary N) is 1. The van der Waals surface area contributed by atoms with Gasteiger partial charge in [0.15, 0.2) is 18.1 Å². The molecule has 150 valence electrons. The second kappa shape index (κ2) is 7.87. The first kappa shape index (κ1) is 19.7. The molecule has 3 rings (SSSR count). The number of nitrogens with zero attached hydrogens (tertiary/aromatic N) is 2. The van der Waals surface area contributed by atoms with Crippen LogP contribution in [0.3, 0.4) is 0 Å². The van der Waals surface area contributed by atoms with Crippen LogP contribution in [0, 0.1) is 5.92 Å². The standard InChI is InChI=1S/C19H24N4O5/c1-12-5-7-19(8-6-12)17(25)23(18(26)22-19)21-10-13-3-4-14(15(9-13)27-2)28-11-16(20)24/h3-4,9-10,12H,5-8,11H2,1-2H3,(H2,20,24)(H,22,26)/b21-10-. The molecule has 0 radical (unpaired) electrons. The summed E-state index contributed by atoms with van der Waals surface area (Å²) in [6.45, 7) is 1.88. The number of amides is 4. The van der Waals surface area contributed by atoms with Gasteiger partial charge in [0, 0.05) is 0 Å². The van der Waals surface area contributed by atoms with E-state index in [4.69, 9.17) is 15.2 Å². The molecule has 0 unspecified atom stereocenters. The Morgan fingerprint density at radius 3 is 2.71 bits per heavy atom. The van der Waals surface area contributed by atoms with E-state index in [0.29, 0.717) is 35.8 Å². The zero-order chi connectivity index (χ0) is 20.3. The summed E-state index contributed by atoms with van der Waals surface area (Å²) in [5, 5.41) is 7.79. The molecule has 0 aromatic heterocycles. The van der Waals surface area contributed by atoms with Crippen molar-refractivity contribution in [3.05, 3.63) is 23.8 Å². The largest absolute Gasteiger partial charge is 0.493 e. The molecule has 1 saturated heterocycles. The van der Waals surface area contributed by atoms with Gasteiger partial charge in [-0.15, -0.1) is 5.01 Å². The number of urea groups is 1. The van der Waals surface area contributed by atoms with E-state index in [-0.39, 0.29) is 12.5 Å². The number of hydrogen-bond donors (Lipinski definition) is 2. The summed E-state index contributed by atoms with van der Waals surface area (Å²) < 4.78 is 10.5. The molecule has 1 spiro atoms. The molecule has 1 aliphatic heterocycles. The van der Waals surface area contributed by atoms with Crippen LogP contribution in [-0.2, 0) is 9.59 Å². The first-order valence-electron chi connectivity index (χ1n) is 9.14. The van der Waals surface area contributed by atoms with Crippen molar-refractivity contribution in [2.45, 2.75) is 38.1 Å². The molecule has 28 heavy (non-hydrogen) atoms. The van der Waals surface area contributed by atoms with Gasteiger partial charge in [-0.3, -0.25) is 9.59 Å². The van der Waals surface area contributed by atoms with Crippen molar-refractivity contribution < 1.29 is 23.9 Å². The van der Waals surface area contributed by atoms with Crippen molar-refractivity contribution in [2.24, 2.45) is 16.8 Å². The Balaban J connectivity index is 1.73. The van der Waals surface area contributed by atoms with Gasteiger partial charge in [0.05, 0.1) is 13.3 Å². The van der Waals surface area contributed by atoms with Crippen molar-refractivity contribution >= 4 is 24.1 Å². The minimum atomic E-state index is -0.828. The van der Waals surface area contributed by atoms with E-state index < -0.39 is 17.5 Å². The first-order valence-corrected chi connectivity index (χ1v) is 9.14. The summed E-state index contributed by atoms with van der Waals surface area (Å²) in [5.74, 6) is 0.366. The van der Waals surface area contributed by atoms with Crippen LogP contribution in [0.1, 0.15) is 38.2 Å². The number of hydrogen-bond acceptors (Lipinski definition) is 6. The van der Waals surface area contributed by atoms with Gasteiger partial charge in [0.1, 0.15) is 5.54 Å². The molecule has 1 saturated carbocycles. The number of methoxy groups -OCH3 is 1. The lowest BCUT2D eigenvalue weighted by molar-refractivity contribution is -0.132. The third kappa shape index (κ3) is 3.92. The number of ether oxygens (including phenoxy) is 2. The quantitative estimate of drug-likeness (QED) is 0.563. The lowest BCUT2D eigenvalue weighted by atomic mass is 9.77. The van der Waals surface area contributed by atoms with Gasteiger partial charge in [0.25, 0.3) is 11.8 Å². The molecule has 1 aromatic rings. The molecular formula is C19H24N4O5. The maximum absolute atomic E-state index is 12.8. The molecule has 1 heterocycles. The predicted octanol–water partition coefficient (Wildman–Crippen LogP) is 1.39. The van der Waals surface area contributed by atoms with Gasteiger partial charge >= 0.3 is 6.03 Å². The zero-order valence-corrected chi connectivity index (χ0v) is 15.9. The molecule has 1 aliphatic carbocycles. The fraction of sp³-hybridized carbons (Fsp3) is 0.474. The maximum Gasteiger partial charge on any atom is 0.346 e. The number of carbonyl (C=O) groups is 3. The normalized spacial score (nSPS) is 24.6. The van der Waals surface area contributed by atoms with Crippen LogP contribution < -0.4 is 20.5 Å². The lowest BCUT2D eigenvalue weighted by Gasteiger charge is -2.33. The first-order chi connectivity index (χ1) is 13.3. The highest BCUT2D eigenvalue weighted by molar-refractivity contribution is 6.07. The highest BCUT2D eigenvalue weighted by atomic mass is 16.5. The van der Waals surface area contributed by atoms with Gasteiger partial charge in [-0.05, 0) is 55.4 Å². The number of imide groups is 1.